The van der Waals surface area contributed by atoms with Gasteiger partial charge in [-0.1, -0.05) is 41.9 Å². The molecule has 3 rings (SSSR count). The van der Waals surface area contributed by atoms with Gasteiger partial charge >= 0.3 is 5.97 Å². The van der Waals surface area contributed by atoms with E-state index in [4.69, 9.17) is 25.8 Å². The zero-order chi connectivity index (χ0) is 17.6. The average Bonchev–Trinajstić information content (AvgIpc) is 2.65. The zero-order valence-electron chi connectivity index (χ0n) is 13.5. The predicted octanol–water partition coefficient (Wildman–Crippen LogP) is 3.93. The quantitative estimate of drug-likeness (QED) is 0.443. The lowest BCUT2D eigenvalue weighted by Crippen LogP contribution is -2.16. The van der Waals surface area contributed by atoms with E-state index in [1.54, 1.807) is 18.2 Å². The lowest BCUT2D eigenvalue weighted by atomic mass is 10.1. The first kappa shape index (κ1) is 17.3. The number of ether oxygens (including phenoxy) is 3. The molecule has 0 amide bonds. The Balaban J connectivity index is 1.51. The van der Waals surface area contributed by atoms with Crippen molar-refractivity contribution in [1.29, 1.82) is 0 Å². The Hall–Kier alpha value is -2.53. The van der Waals surface area contributed by atoms with E-state index >= 15 is 0 Å². The Morgan fingerprint density at radius 1 is 1.04 bits per heavy atom. The van der Waals surface area contributed by atoms with Crippen LogP contribution in [0.5, 0.6) is 11.5 Å². The second kappa shape index (κ2) is 8.03. The van der Waals surface area contributed by atoms with Crippen molar-refractivity contribution in [3.05, 3.63) is 58.6 Å². The van der Waals surface area contributed by atoms with E-state index in [-0.39, 0.29) is 12.4 Å². The van der Waals surface area contributed by atoms with Crippen LogP contribution in [0.2, 0.25) is 5.02 Å². The van der Waals surface area contributed by atoms with Crippen molar-refractivity contribution in [3.63, 3.8) is 0 Å². The Morgan fingerprint density at radius 2 is 1.80 bits per heavy atom. The van der Waals surface area contributed by atoms with Gasteiger partial charge in [0.05, 0.1) is 17.2 Å². The molecule has 1 heterocycles. The molecule has 0 atom stereocenters. The van der Waals surface area contributed by atoms with E-state index in [0.29, 0.717) is 53.7 Å². The highest BCUT2D eigenvalue weighted by atomic mass is 35.5. The summed E-state index contributed by atoms with van der Waals surface area (Å²) in [6, 6.07) is 12.1. The molecular weight excluding hydrogens is 344 g/mol. The Labute approximate surface area is 150 Å². The number of rotatable bonds is 6. The maximum absolute atomic E-state index is 12.1. The van der Waals surface area contributed by atoms with Gasteiger partial charge < -0.3 is 14.2 Å². The first-order valence-corrected chi connectivity index (χ1v) is 8.37. The van der Waals surface area contributed by atoms with Gasteiger partial charge in [0.2, 0.25) is 0 Å². The van der Waals surface area contributed by atoms with Crippen LogP contribution in [0, 0.1) is 0 Å². The molecule has 0 aliphatic carbocycles. The van der Waals surface area contributed by atoms with Gasteiger partial charge in [-0.3, -0.25) is 4.79 Å². The van der Waals surface area contributed by atoms with Gasteiger partial charge in [-0.2, -0.15) is 0 Å². The topological polar surface area (TPSA) is 61.8 Å². The summed E-state index contributed by atoms with van der Waals surface area (Å²) in [4.78, 5) is 24.1. The molecular formula is C19H17ClO5. The summed E-state index contributed by atoms with van der Waals surface area (Å²) in [5, 5.41) is 0.309. The number of hydrogen-bond donors (Lipinski definition) is 0. The monoisotopic (exact) mass is 360 g/mol. The smallest absolute Gasteiger partial charge is 0.338 e. The van der Waals surface area contributed by atoms with Crippen molar-refractivity contribution in [2.75, 3.05) is 19.8 Å². The van der Waals surface area contributed by atoms with E-state index in [2.05, 4.69) is 0 Å². The van der Waals surface area contributed by atoms with Crippen LogP contribution in [0.25, 0.3) is 0 Å². The summed E-state index contributed by atoms with van der Waals surface area (Å²) < 4.78 is 16.1. The normalized spacial score (nSPS) is 12.5. The Morgan fingerprint density at radius 3 is 2.60 bits per heavy atom. The minimum atomic E-state index is -0.508. The molecule has 0 saturated carbocycles. The molecule has 1 aliphatic heterocycles. The number of carbonyl (C=O) groups is 2. The van der Waals surface area contributed by atoms with E-state index < -0.39 is 5.97 Å². The molecule has 2 aromatic carbocycles. The number of carbonyl (C=O) groups excluding carboxylic acids is 2. The number of ketones is 1. The third-order valence-corrected chi connectivity index (χ3v) is 3.99. The second-order valence-electron chi connectivity index (χ2n) is 5.51. The van der Waals surface area contributed by atoms with Gasteiger partial charge in [-0.25, -0.2) is 4.79 Å². The summed E-state index contributed by atoms with van der Waals surface area (Å²) in [6.07, 6.45) is 0.775. The maximum Gasteiger partial charge on any atom is 0.338 e. The van der Waals surface area contributed by atoms with Crippen LogP contribution in [0.15, 0.2) is 42.5 Å². The van der Waals surface area contributed by atoms with Crippen LogP contribution < -0.4 is 9.47 Å². The highest BCUT2D eigenvalue weighted by Gasteiger charge is 2.20. The summed E-state index contributed by atoms with van der Waals surface area (Å²) in [7, 11) is 0. The van der Waals surface area contributed by atoms with E-state index in [1.165, 1.54) is 6.07 Å². The first-order valence-electron chi connectivity index (χ1n) is 7.99. The lowest BCUT2D eigenvalue weighted by molar-refractivity contribution is 0.0493. The number of benzene rings is 2. The van der Waals surface area contributed by atoms with Gasteiger partial charge in [-0.05, 0) is 18.6 Å². The highest BCUT2D eigenvalue weighted by Crippen LogP contribution is 2.38. The van der Waals surface area contributed by atoms with Crippen LogP contribution in [0.4, 0.5) is 0 Å². The molecule has 0 fully saturated rings. The van der Waals surface area contributed by atoms with Crippen molar-refractivity contribution in [3.8, 4) is 11.5 Å². The molecule has 130 valence electrons. The van der Waals surface area contributed by atoms with Crippen molar-refractivity contribution in [1.82, 2.24) is 0 Å². The SMILES string of the molecule is O=C(CCCOC(=O)c1cc(Cl)c2c(c1)OCCO2)c1ccccc1. The fourth-order valence-electron chi connectivity index (χ4n) is 2.48. The van der Waals surface area contributed by atoms with Crippen LogP contribution in [0.1, 0.15) is 33.6 Å². The molecule has 6 heteroatoms. The minimum Gasteiger partial charge on any atom is -0.486 e. The predicted molar refractivity (Wildman–Crippen MR) is 92.7 cm³/mol. The van der Waals surface area contributed by atoms with Crippen molar-refractivity contribution in [2.45, 2.75) is 12.8 Å². The first-order chi connectivity index (χ1) is 12.1. The molecule has 0 spiro atoms. The van der Waals surface area contributed by atoms with E-state index in [9.17, 15) is 9.59 Å². The van der Waals surface area contributed by atoms with Gasteiger partial charge in [-0.15, -0.1) is 0 Å². The largest absolute Gasteiger partial charge is 0.486 e. The molecule has 2 aromatic rings. The van der Waals surface area contributed by atoms with Crippen LogP contribution in [-0.2, 0) is 4.74 Å². The molecule has 1 aliphatic rings. The highest BCUT2D eigenvalue weighted by molar-refractivity contribution is 6.32. The number of halogens is 1. The molecule has 0 N–H and O–H groups in total. The summed E-state index contributed by atoms with van der Waals surface area (Å²) in [5.41, 5.74) is 0.955. The van der Waals surface area contributed by atoms with Crippen molar-refractivity contribution >= 4 is 23.4 Å². The van der Waals surface area contributed by atoms with Gasteiger partial charge in [0.15, 0.2) is 17.3 Å². The molecule has 5 nitrogen and oxygen atoms in total. The third-order valence-electron chi connectivity index (χ3n) is 3.71. The van der Waals surface area contributed by atoms with Gasteiger partial charge in [0, 0.05) is 12.0 Å². The lowest BCUT2D eigenvalue weighted by Gasteiger charge is -2.20. The molecule has 0 bridgehead atoms. The number of Topliss-reactive ketones (excluding diaryl/α,β-unsaturated/α-hetero) is 1. The van der Waals surface area contributed by atoms with Crippen molar-refractivity contribution in [2.24, 2.45) is 0 Å². The molecule has 0 aromatic heterocycles. The van der Waals surface area contributed by atoms with Crippen LogP contribution >= 0.6 is 11.6 Å². The molecule has 25 heavy (non-hydrogen) atoms. The number of fused-ring (bicyclic) bond motifs is 1. The Kier molecular flexibility index (Phi) is 5.56. The maximum atomic E-state index is 12.1. The second-order valence-corrected chi connectivity index (χ2v) is 5.92. The van der Waals surface area contributed by atoms with Crippen LogP contribution in [-0.4, -0.2) is 31.6 Å². The van der Waals surface area contributed by atoms with E-state index in [1.807, 2.05) is 18.2 Å². The summed E-state index contributed by atoms with van der Waals surface area (Å²) in [6.45, 7) is 0.985. The number of esters is 1. The molecule has 0 radical (unpaired) electrons. The summed E-state index contributed by atoms with van der Waals surface area (Å²) >= 11 is 6.10. The molecule has 0 unspecified atom stereocenters. The number of hydrogen-bond acceptors (Lipinski definition) is 5. The molecule has 0 saturated heterocycles. The fourth-order valence-corrected chi connectivity index (χ4v) is 2.74. The van der Waals surface area contributed by atoms with E-state index in [0.717, 1.165) is 0 Å². The van der Waals surface area contributed by atoms with Crippen molar-refractivity contribution < 1.29 is 23.8 Å². The third kappa shape index (κ3) is 4.31. The zero-order valence-corrected chi connectivity index (χ0v) is 14.3. The Bertz CT molecular complexity index is 773. The summed E-state index contributed by atoms with van der Waals surface area (Å²) in [5.74, 6) is 0.396. The standard InChI is InChI=1S/C19H17ClO5/c20-15-11-14(12-17-18(15)24-10-9-23-17)19(22)25-8-4-7-16(21)13-5-2-1-3-6-13/h1-3,5-6,11-12H,4,7-10H2. The van der Waals surface area contributed by atoms with Gasteiger partial charge in [0.1, 0.15) is 13.2 Å². The fraction of sp³-hybridized carbons (Fsp3) is 0.263. The minimum absolute atomic E-state index is 0.0269. The van der Waals surface area contributed by atoms with Crippen LogP contribution in [0.3, 0.4) is 0 Å². The van der Waals surface area contributed by atoms with Gasteiger partial charge in [0.25, 0.3) is 0 Å². The average molecular weight is 361 g/mol.